The Kier molecular flexibility index (Phi) is 3.00. The predicted molar refractivity (Wildman–Crippen MR) is 68.4 cm³/mol. The van der Waals surface area contributed by atoms with E-state index in [4.69, 9.17) is 4.74 Å². The molecule has 6 nitrogen and oxygen atoms in total. The van der Waals surface area contributed by atoms with Gasteiger partial charge in [0.1, 0.15) is 0 Å². The zero-order valence-electron chi connectivity index (χ0n) is 11.2. The fourth-order valence-corrected chi connectivity index (χ4v) is 2.94. The average Bonchev–Trinajstić information content (AvgIpc) is 3.35. The second kappa shape index (κ2) is 4.83. The molecule has 1 saturated heterocycles. The highest BCUT2D eigenvalue weighted by Crippen LogP contribution is 2.35. The van der Waals surface area contributed by atoms with Gasteiger partial charge >= 0.3 is 0 Å². The van der Waals surface area contributed by atoms with Gasteiger partial charge < -0.3 is 4.74 Å². The Morgan fingerprint density at radius 1 is 1.21 bits per heavy atom. The standard InChI is InChI=1S/C13H21N5O/c1-2-11(1)17(7-10-5-6-19-9-10)8-13-14-15-16-18(13)12-3-4-12/h10-12H,1-9H2/t10-/m0/s1. The fraction of sp³-hybridized carbons (Fsp3) is 0.923. The van der Waals surface area contributed by atoms with Crippen molar-refractivity contribution in [2.24, 2.45) is 5.92 Å². The van der Waals surface area contributed by atoms with Gasteiger partial charge in [-0.15, -0.1) is 5.10 Å². The molecule has 1 aromatic rings. The molecule has 0 amide bonds. The quantitative estimate of drug-likeness (QED) is 0.766. The molecule has 0 spiro atoms. The third-order valence-corrected chi connectivity index (χ3v) is 4.38. The fourth-order valence-electron chi connectivity index (χ4n) is 2.94. The van der Waals surface area contributed by atoms with E-state index < -0.39 is 0 Å². The van der Waals surface area contributed by atoms with Gasteiger partial charge in [-0.25, -0.2) is 4.68 Å². The lowest BCUT2D eigenvalue weighted by Gasteiger charge is -2.24. The summed E-state index contributed by atoms with van der Waals surface area (Å²) < 4.78 is 7.54. The Labute approximate surface area is 113 Å². The van der Waals surface area contributed by atoms with E-state index in [0.717, 1.165) is 38.2 Å². The van der Waals surface area contributed by atoms with E-state index >= 15 is 0 Å². The van der Waals surface area contributed by atoms with Crippen molar-refractivity contribution in [2.45, 2.75) is 50.7 Å². The van der Waals surface area contributed by atoms with Crippen LogP contribution >= 0.6 is 0 Å². The molecule has 0 aromatic carbocycles. The first-order valence-electron chi connectivity index (χ1n) is 7.48. The normalized spacial score (nSPS) is 27.3. The van der Waals surface area contributed by atoms with E-state index in [1.54, 1.807) is 0 Å². The molecule has 19 heavy (non-hydrogen) atoms. The predicted octanol–water partition coefficient (Wildman–Crippen LogP) is 1.01. The van der Waals surface area contributed by atoms with Crippen LogP contribution in [0.4, 0.5) is 0 Å². The maximum Gasteiger partial charge on any atom is 0.165 e. The molecule has 0 radical (unpaired) electrons. The highest BCUT2D eigenvalue weighted by molar-refractivity contribution is 4.94. The van der Waals surface area contributed by atoms with Crippen molar-refractivity contribution in [3.8, 4) is 0 Å². The van der Waals surface area contributed by atoms with Gasteiger partial charge in [0.05, 0.1) is 19.2 Å². The monoisotopic (exact) mass is 263 g/mol. The van der Waals surface area contributed by atoms with Gasteiger partial charge in [0.15, 0.2) is 5.82 Å². The number of aromatic nitrogens is 4. The van der Waals surface area contributed by atoms with E-state index in [1.165, 1.54) is 32.1 Å². The molecular weight excluding hydrogens is 242 g/mol. The third-order valence-electron chi connectivity index (χ3n) is 4.38. The highest BCUT2D eigenvalue weighted by Gasteiger charge is 2.34. The number of ether oxygens (including phenoxy) is 1. The van der Waals surface area contributed by atoms with E-state index in [1.807, 2.05) is 4.68 Å². The number of hydrogen-bond acceptors (Lipinski definition) is 5. The molecule has 2 saturated carbocycles. The molecule has 0 bridgehead atoms. The molecule has 0 N–H and O–H groups in total. The topological polar surface area (TPSA) is 56.1 Å². The summed E-state index contributed by atoms with van der Waals surface area (Å²) in [5.41, 5.74) is 0. The summed E-state index contributed by atoms with van der Waals surface area (Å²) in [7, 11) is 0. The van der Waals surface area contributed by atoms with Crippen molar-refractivity contribution in [2.75, 3.05) is 19.8 Å². The lowest BCUT2D eigenvalue weighted by molar-refractivity contribution is 0.159. The summed E-state index contributed by atoms with van der Waals surface area (Å²) in [6.45, 7) is 3.91. The number of nitrogens with zero attached hydrogens (tertiary/aromatic N) is 5. The van der Waals surface area contributed by atoms with Gasteiger partial charge in [-0.1, -0.05) is 0 Å². The Bertz CT molecular complexity index is 434. The van der Waals surface area contributed by atoms with Crippen molar-refractivity contribution in [3.63, 3.8) is 0 Å². The summed E-state index contributed by atoms with van der Waals surface area (Å²) in [5.74, 6) is 1.75. The van der Waals surface area contributed by atoms with Crippen molar-refractivity contribution in [1.82, 2.24) is 25.1 Å². The molecule has 1 aliphatic heterocycles. The van der Waals surface area contributed by atoms with Crippen molar-refractivity contribution in [3.05, 3.63) is 5.82 Å². The summed E-state index contributed by atoms with van der Waals surface area (Å²) in [4.78, 5) is 2.57. The molecule has 2 heterocycles. The minimum absolute atomic E-state index is 0.570. The largest absolute Gasteiger partial charge is 0.381 e. The molecular formula is C13H21N5O. The molecule has 2 aliphatic carbocycles. The van der Waals surface area contributed by atoms with Crippen LogP contribution in [0, 0.1) is 5.92 Å². The smallest absolute Gasteiger partial charge is 0.165 e. The summed E-state index contributed by atoms with van der Waals surface area (Å²) >= 11 is 0. The van der Waals surface area contributed by atoms with Crippen LogP contribution in [0.2, 0.25) is 0 Å². The first-order chi connectivity index (χ1) is 9.40. The number of hydrogen-bond donors (Lipinski definition) is 0. The molecule has 1 aromatic heterocycles. The third kappa shape index (κ3) is 2.65. The lowest BCUT2D eigenvalue weighted by atomic mass is 10.1. The SMILES string of the molecule is C1C[C@@H](CN(Cc2nnnn2C2CC2)C2CC2)CO1. The van der Waals surface area contributed by atoms with Crippen molar-refractivity contribution in [1.29, 1.82) is 0 Å². The molecule has 1 atom stereocenters. The van der Waals surface area contributed by atoms with Crippen LogP contribution < -0.4 is 0 Å². The number of tetrazole rings is 1. The van der Waals surface area contributed by atoms with Gasteiger partial charge in [-0.2, -0.15) is 0 Å². The zero-order valence-corrected chi connectivity index (χ0v) is 11.2. The highest BCUT2D eigenvalue weighted by atomic mass is 16.5. The summed E-state index contributed by atoms with van der Waals surface area (Å²) in [5, 5.41) is 12.2. The van der Waals surface area contributed by atoms with Crippen molar-refractivity contribution >= 4 is 0 Å². The minimum atomic E-state index is 0.570. The van der Waals surface area contributed by atoms with Crippen LogP contribution in [0.3, 0.4) is 0 Å². The van der Waals surface area contributed by atoms with Gasteiger partial charge in [0.25, 0.3) is 0 Å². The van der Waals surface area contributed by atoms with Gasteiger partial charge in [-0.3, -0.25) is 4.90 Å². The van der Waals surface area contributed by atoms with Crippen LogP contribution in [0.15, 0.2) is 0 Å². The molecule has 3 fully saturated rings. The van der Waals surface area contributed by atoms with Crippen LogP contribution in [-0.2, 0) is 11.3 Å². The maximum atomic E-state index is 5.49. The summed E-state index contributed by atoms with van der Waals surface area (Å²) in [6, 6.07) is 1.32. The van der Waals surface area contributed by atoms with Gasteiger partial charge in [0.2, 0.25) is 0 Å². The Hall–Kier alpha value is -1.01. The van der Waals surface area contributed by atoms with E-state index in [9.17, 15) is 0 Å². The van der Waals surface area contributed by atoms with Crippen molar-refractivity contribution < 1.29 is 4.74 Å². The van der Waals surface area contributed by atoms with Crippen LogP contribution in [0.25, 0.3) is 0 Å². The van der Waals surface area contributed by atoms with Crippen LogP contribution in [-0.4, -0.2) is 50.9 Å². The first kappa shape index (κ1) is 11.8. The zero-order chi connectivity index (χ0) is 12.7. The van der Waals surface area contributed by atoms with E-state index in [-0.39, 0.29) is 0 Å². The first-order valence-corrected chi connectivity index (χ1v) is 7.48. The summed E-state index contributed by atoms with van der Waals surface area (Å²) in [6.07, 6.45) is 6.34. The molecule has 3 aliphatic rings. The lowest BCUT2D eigenvalue weighted by Crippen LogP contribution is -2.32. The number of rotatable bonds is 6. The van der Waals surface area contributed by atoms with Crippen LogP contribution in [0.1, 0.15) is 44.0 Å². The minimum Gasteiger partial charge on any atom is -0.381 e. The molecule has 0 unspecified atom stereocenters. The van der Waals surface area contributed by atoms with Gasteiger partial charge in [0, 0.05) is 19.2 Å². The Balaban J connectivity index is 1.43. The van der Waals surface area contributed by atoms with Crippen LogP contribution in [0.5, 0.6) is 0 Å². The molecule has 104 valence electrons. The van der Waals surface area contributed by atoms with E-state index in [2.05, 4.69) is 20.4 Å². The second-order valence-electron chi connectivity index (χ2n) is 6.16. The molecule has 4 rings (SSSR count). The Morgan fingerprint density at radius 3 is 2.79 bits per heavy atom. The Morgan fingerprint density at radius 2 is 2.11 bits per heavy atom. The maximum absolute atomic E-state index is 5.49. The van der Waals surface area contributed by atoms with Gasteiger partial charge in [-0.05, 0) is 48.4 Å². The second-order valence-corrected chi connectivity index (χ2v) is 6.16. The van der Waals surface area contributed by atoms with E-state index in [0.29, 0.717) is 12.0 Å². The molecule has 6 heteroatoms. The average molecular weight is 263 g/mol.